The highest BCUT2D eigenvalue weighted by Crippen LogP contribution is 2.31. The number of hydrogen-bond donors (Lipinski definition) is 1. The number of benzene rings is 2. The first-order valence-electron chi connectivity index (χ1n) is 11.4. The Morgan fingerprint density at radius 3 is 2.15 bits per heavy atom. The molecule has 2 rings (SSSR count). The van der Waals surface area contributed by atoms with Crippen molar-refractivity contribution in [3.63, 3.8) is 0 Å². The fourth-order valence-electron chi connectivity index (χ4n) is 3.59. The normalized spacial score (nSPS) is 12.7. The van der Waals surface area contributed by atoms with E-state index in [-0.39, 0.29) is 30.4 Å². The monoisotopic (exact) mass is 472 g/mol. The zero-order chi connectivity index (χ0) is 24.8. The topological polar surface area (TPSA) is 58.6 Å². The molecule has 0 saturated heterocycles. The SMILES string of the molecule is CCC(C(=O)NC(C)(C)C)N(Cc1ccc(Cl)cc1)C(=O)COc1ccccc1C(C)(C)C. The fraction of sp³-hybridized carbons (Fsp3) is 0.481. The first kappa shape index (κ1) is 26.7. The van der Waals surface area contributed by atoms with Crippen LogP contribution >= 0.6 is 11.6 Å². The minimum Gasteiger partial charge on any atom is -0.483 e. The van der Waals surface area contributed by atoms with Crippen molar-refractivity contribution in [1.29, 1.82) is 0 Å². The van der Waals surface area contributed by atoms with Crippen LogP contribution in [0.3, 0.4) is 0 Å². The molecule has 0 heterocycles. The van der Waals surface area contributed by atoms with Gasteiger partial charge in [0.15, 0.2) is 6.61 Å². The average molecular weight is 473 g/mol. The van der Waals surface area contributed by atoms with E-state index < -0.39 is 11.6 Å². The summed E-state index contributed by atoms with van der Waals surface area (Å²) < 4.78 is 5.99. The minimum absolute atomic E-state index is 0.124. The first-order valence-corrected chi connectivity index (χ1v) is 11.8. The molecule has 0 saturated carbocycles. The second-order valence-corrected chi connectivity index (χ2v) is 10.8. The number of amides is 2. The molecule has 180 valence electrons. The molecule has 0 aliphatic rings. The Bertz CT molecular complexity index is 943. The lowest BCUT2D eigenvalue weighted by molar-refractivity contribution is -0.143. The number of rotatable bonds is 8. The lowest BCUT2D eigenvalue weighted by Crippen LogP contribution is -2.54. The number of halogens is 1. The smallest absolute Gasteiger partial charge is 0.261 e. The third kappa shape index (κ3) is 8.08. The molecule has 0 radical (unpaired) electrons. The molecule has 0 spiro atoms. The van der Waals surface area contributed by atoms with Gasteiger partial charge < -0.3 is 15.0 Å². The number of carbonyl (C=O) groups excluding carboxylic acids is 2. The maximum absolute atomic E-state index is 13.4. The number of nitrogens with one attached hydrogen (secondary N) is 1. The number of para-hydroxylation sites is 1. The molecule has 6 heteroatoms. The van der Waals surface area contributed by atoms with Crippen LogP contribution in [0.15, 0.2) is 48.5 Å². The van der Waals surface area contributed by atoms with E-state index in [1.165, 1.54) is 0 Å². The lowest BCUT2D eigenvalue weighted by atomic mass is 9.86. The van der Waals surface area contributed by atoms with Crippen LogP contribution in [0.2, 0.25) is 5.02 Å². The largest absolute Gasteiger partial charge is 0.483 e. The molecule has 1 unspecified atom stereocenters. The molecule has 2 amide bonds. The molecule has 1 atom stereocenters. The van der Waals surface area contributed by atoms with Gasteiger partial charge in [0.25, 0.3) is 5.91 Å². The van der Waals surface area contributed by atoms with Crippen LogP contribution in [0, 0.1) is 0 Å². The molecular formula is C27H37ClN2O3. The predicted molar refractivity (Wildman–Crippen MR) is 135 cm³/mol. The van der Waals surface area contributed by atoms with E-state index in [0.29, 0.717) is 17.2 Å². The van der Waals surface area contributed by atoms with Crippen LogP contribution in [0.1, 0.15) is 66.0 Å². The lowest BCUT2D eigenvalue weighted by Gasteiger charge is -2.33. The van der Waals surface area contributed by atoms with E-state index in [1.807, 2.05) is 64.1 Å². The molecule has 0 aliphatic carbocycles. The minimum atomic E-state index is -0.617. The highest BCUT2D eigenvalue weighted by molar-refractivity contribution is 6.30. The number of ether oxygens (including phenoxy) is 1. The van der Waals surface area contributed by atoms with Gasteiger partial charge >= 0.3 is 0 Å². The summed E-state index contributed by atoms with van der Waals surface area (Å²) in [4.78, 5) is 28.1. The van der Waals surface area contributed by atoms with Crippen molar-refractivity contribution in [3.8, 4) is 5.75 Å². The van der Waals surface area contributed by atoms with Crippen molar-refractivity contribution in [2.24, 2.45) is 0 Å². The molecule has 0 aromatic heterocycles. The number of carbonyl (C=O) groups is 2. The number of hydrogen-bond acceptors (Lipinski definition) is 3. The van der Waals surface area contributed by atoms with Crippen molar-refractivity contribution >= 4 is 23.4 Å². The average Bonchev–Trinajstić information content (AvgIpc) is 2.71. The Morgan fingerprint density at radius 2 is 1.61 bits per heavy atom. The zero-order valence-electron chi connectivity index (χ0n) is 20.9. The van der Waals surface area contributed by atoms with Gasteiger partial charge in [0, 0.05) is 17.1 Å². The van der Waals surface area contributed by atoms with Gasteiger partial charge in [-0.15, -0.1) is 0 Å². The highest BCUT2D eigenvalue weighted by Gasteiger charge is 2.31. The van der Waals surface area contributed by atoms with Gasteiger partial charge in [-0.25, -0.2) is 0 Å². The standard InChI is InChI=1S/C27H37ClN2O3/c1-8-22(25(32)29-27(5,6)7)30(17-19-13-15-20(28)16-14-19)24(31)18-33-23-12-10-9-11-21(23)26(2,3)4/h9-16,22H,8,17-18H2,1-7H3,(H,29,32). The first-order chi connectivity index (χ1) is 15.3. The van der Waals surface area contributed by atoms with E-state index in [9.17, 15) is 9.59 Å². The van der Waals surface area contributed by atoms with Gasteiger partial charge in [-0.1, -0.05) is 69.6 Å². The summed E-state index contributed by atoms with van der Waals surface area (Å²) in [5.74, 6) is 0.254. The van der Waals surface area contributed by atoms with Crippen LogP contribution in [0.25, 0.3) is 0 Å². The summed E-state index contributed by atoms with van der Waals surface area (Å²) in [6.07, 6.45) is 0.486. The number of nitrogens with zero attached hydrogens (tertiary/aromatic N) is 1. The van der Waals surface area contributed by atoms with Crippen molar-refractivity contribution in [1.82, 2.24) is 10.2 Å². The molecule has 1 N–H and O–H groups in total. The maximum atomic E-state index is 13.4. The molecule has 0 aliphatic heterocycles. The van der Waals surface area contributed by atoms with E-state index in [4.69, 9.17) is 16.3 Å². The summed E-state index contributed by atoms with van der Waals surface area (Å²) >= 11 is 6.03. The summed E-state index contributed by atoms with van der Waals surface area (Å²) in [5.41, 5.74) is 1.40. The van der Waals surface area contributed by atoms with Crippen LogP contribution in [0.4, 0.5) is 0 Å². The van der Waals surface area contributed by atoms with Gasteiger partial charge in [-0.2, -0.15) is 0 Å². The Morgan fingerprint density at radius 1 is 1.00 bits per heavy atom. The highest BCUT2D eigenvalue weighted by atomic mass is 35.5. The predicted octanol–water partition coefficient (Wildman–Crippen LogP) is 5.74. The quantitative estimate of drug-likeness (QED) is 0.533. The third-order valence-corrected chi connectivity index (χ3v) is 5.45. The van der Waals surface area contributed by atoms with E-state index in [2.05, 4.69) is 26.1 Å². The van der Waals surface area contributed by atoms with Gasteiger partial charge in [-0.05, 0) is 61.9 Å². The van der Waals surface area contributed by atoms with Crippen molar-refractivity contribution < 1.29 is 14.3 Å². The van der Waals surface area contributed by atoms with Crippen LogP contribution in [-0.4, -0.2) is 34.9 Å². The van der Waals surface area contributed by atoms with Gasteiger partial charge in [0.1, 0.15) is 11.8 Å². The van der Waals surface area contributed by atoms with Crippen molar-refractivity contribution in [2.45, 2.75) is 78.4 Å². The molecule has 2 aromatic rings. The van der Waals surface area contributed by atoms with Crippen LogP contribution < -0.4 is 10.1 Å². The molecule has 5 nitrogen and oxygen atoms in total. The van der Waals surface area contributed by atoms with E-state index in [1.54, 1.807) is 17.0 Å². The van der Waals surface area contributed by atoms with Crippen molar-refractivity contribution in [2.75, 3.05) is 6.61 Å². The summed E-state index contributed by atoms with van der Waals surface area (Å²) in [6, 6.07) is 14.4. The Balaban J connectivity index is 2.29. The Labute approximate surface area is 203 Å². The van der Waals surface area contributed by atoms with Gasteiger partial charge in [-0.3, -0.25) is 9.59 Å². The molecular weight excluding hydrogens is 436 g/mol. The molecule has 0 fully saturated rings. The summed E-state index contributed by atoms with van der Waals surface area (Å²) in [7, 11) is 0. The Kier molecular flexibility index (Phi) is 8.96. The maximum Gasteiger partial charge on any atom is 0.261 e. The summed E-state index contributed by atoms with van der Waals surface area (Å²) in [5, 5.41) is 3.63. The van der Waals surface area contributed by atoms with Gasteiger partial charge in [0.05, 0.1) is 0 Å². The third-order valence-electron chi connectivity index (χ3n) is 5.20. The van der Waals surface area contributed by atoms with E-state index in [0.717, 1.165) is 11.1 Å². The molecule has 0 bridgehead atoms. The Hall–Kier alpha value is -2.53. The van der Waals surface area contributed by atoms with E-state index >= 15 is 0 Å². The molecule has 33 heavy (non-hydrogen) atoms. The molecule has 2 aromatic carbocycles. The van der Waals surface area contributed by atoms with Crippen molar-refractivity contribution in [3.05, 3.63) is 64.7 Å². The van der Waals surface area contributed by atoms with Gasteiger partial charge in [0.2, 0.25) is 5.91 Å². The zero-order valence-corrected chi connectivity index (χ0v) is 21.6. The van der Waals surface area contributed by atoms with Crippen LogP contribution in [0.5, 0.6) is 5.75 Å². The van der Waals surface area contributed by atoms with Crippen LogP contribution in [-0.2, 0) is 21.5 Å². The summed E-state index contributed by atoms with van der Waals surface area (Å²) in [6.45, 7) is 14.1. The second-order valence-electron chi connectivity index (χ2n) is 10.3. The fourth-order valence-corrected chi connectivity index (χ4v) is 3.72. The second kappa shape index (κ2) is 11.1.